The van der Waals surface area contributed by atoms with Crippen molar-refractivity contribution in [2.24, 2.45) is 0 Å². The number of rotatable bonds is 2. The van der Waals surface area contributed by atoms with Crippen molar-refractivity contribution in [3.63, 3.8) is 0 Å². The first kappa shape index (κ1) is 14.6. The third kappa shape index (κ3) is 2.70. The van der Waals surface area contributed by atoms with Gasteiger partial charge in [0.2, 0.25) is 0 Å². The zero-order valence-corrected chi connectivity index (χ0v) is 12.9. The van der Waals surface area contributed by atoms with Gasteiger partial charge >= 0.3 is 0 Å². The monoisotopic (exact) mass is 329 g/mol. The van der Waals surface area contributed by atoms with Crippen LogP contribution in [0.3, 0.4) is 0 Å². The van der Waals surface area contributed by atoms with E-state index >= 15 is 0 Å². The second-order valence-corrected chi connectivity index (χ2v) is 6.28. The van der Waals surface area contributed by atoms with Gasteiger partial charge in [0, 0.05) is 0 Å². The van der Waals surface area contributed by atoms with Crippen LogP contribution in [0.5, 0.6) is 11.5 Å². The van der Waals surface area contributed by atoms with Gasteiger partial charge in [-0.15, -0.1) is 0 Å². The highest BCUT2D eigenvalue weighted by Crippen LogP contribution is 2.39. The molecule has 0 aliphatic carbocycles. The van der Waals surface area contributed by atoms with E-state index in [1.807, 2.05) is 0 Å². The molecular formula is C16H11NO3S2. The van der Waals surface area contributed by atoms with Gasteiger partial charge in [-0.2, -0.15) is 0 Å². The van der Waals surface area contributed by atoms with Crippen LogP contribution in [0, 0.1) is 0 Å². The number of thioether (sulfide) groups is 1. The molecule has 2 aromatic carbocycles. The largest absolute Gasteiger partial charge is 0.508 e. The molecule has 0 aromatic heterocycles. The van der Waals surface area contributed by atoms with Gasteiger partial charge < -0.3 is 10.2 Å². The van der Waals surface area contributed by atoms with E-state index in [0.29, 0.717) is 20.5 Å². The number of anilines is 1. The Bertz CT molecular complexity index is 801. The first-order chi connectivity index (χ1) is 10.6. The minimum Gasteiger partial charge on any atom is -0.508 e. The Morgan fingerprint density at radius 1 is 1.09 bits per heavy atom. The molecule has 2 aromatic rings. The number of hydrogen-bond donors (Lipinski definition) is 2. The number of carbonyl (C=O) groups is 1. The average Bonchev–Trinajstić information content (AvgIpc) is 2.74. The molecule has 0 saturated carbocycles. The van der Waals surface area contributed by atoms with Gasteiger partial charge in [0.15, 0.2) is 4.32 Å². The van der Waals surface area contributed by atoms with Crippen molar-refractivity contribution in [1.29, 1.82) is 0 Å². The van der Waals surface area contributed by atoms with Crippen LogP contribution < -0.4 is 4.90 Å². The van der Waals surface area contributed by atoms with Crippen molar-refractivity contribution in [1.82, 2.24) is 0 Å². The van der Waals surface area contributed by atoms with E-state index in [-0.39, 0.29) is 17.4 Å². The number of phenolic OH excluding ortho intramolecular Hbond substituents is 2. The molecule has 0 bridgehead atoms. The molecule has 1 aliphatic rings. The van der Waals surface area contributed by atoms with E-state index in [1.165, 1.54) is 11.0 Å². The van der Waals surface area contributed by atoms with E-state index in [1.54, 1.807) is 48.5 Å². The van der Waals surface area contributed by atoms with Crippen molar-refractivity contribution in [3.05, 3.63) is 59.0 Å². The average molecular weight is 329 g/mol. The lowest BCUT2D eigenvalue weighted by molar-refractivity contribution is -0.113. The smallest absolute Gasteiger partial charge is 0.270 e. The summed E-state index contributed by atoms with van der Waals surface area (Å²) < 4.78 is 0.359. The fraction of sp³-hybridized carbons (Fsp3) is 0. The maximum absolute atomic E-state index is 12.5. The molecule has 3 rings (SSSR count). The minimum absolute atomic E-state index is 0.00240. The van der Waals surface area contributed by atoms with Gasteiger partial charge in [0.1, 0.15) is 11.5 Å². The molecule has 0 atom stereocenters. The maximum Gasteiger partial charge on any atom is 0.270 e. The molecule has 6 heteroatoms. The fourth-order valence-corrected chi connectivity index (χ4v) is 3.38. The zero-order valence-electron chi connectivity index (χ0n) is 11.3. The minimum atomic E-state index is -0.292. The third-order valence-electron chi connectivity index (χ3n) is 3.08. The van der Waals surface area contributed by atoms with Crippen LogP contribution in [0.15, 0.2) is 53.4 Å². The molecular weight excluding hydrogens is 318 g/mol. The van der Waals surface area contributed by atoms with Crippen molar-refractivity contribution >= 4 is 46.0 Å². The summed E-state index contributed by atoms with van der Waals surface area (Å²) in [5, 5.41) is 19.4. The summed E-state index contributed by atoms with van der Waals surface area (Å²) in [5.74, 6) is -0.165. The quantitative estimate of drug-likeness (QED) is 0.652. The SMILES string of the molecule is O=C1/C(=C/c2cccc(O)c2)SC(=S)N1c1ccccc1O. The molecule has 1 aliphatic heterocycles. The highest BCUT2D eigenvalue weighted by atomic mass is 32.2. The van der Waals surface area contributed by atoms with Gasteiger partial charge in [-0.3, -0.25) is 9.69 Å². The van der Waals surface area contributed by atoms with Crippen LogP contribution in [0.25, 0.3) is 6.08 Å². The Labute approximate surface area is 136 Å². The van der Waals surface area contributed by atoms with Crippen LogP contribution in [-0.4, -0.2) is 20.4 Å². The summed E-state index contributed by atoms with van der Waals surface area (Å²) in [7, 11) is 0. The topological polar surface area (TPSA) is 60.8 Å². The number of nitrogens with zero attached hydrogens (tertiary/aromatic N) is 1. The molecule has 0 unspecified atom stereocenters. The molecule has 1 fully saturated rings. The Morgan fingerprint density at radius 2 is 1.86 bits per heavy atom. The van der Waals surface area contributed by atoms with Crippen molar-refractivity contribution < 1.29 is 15.0 Å². The summed E-state index contributed by atoms with van der Waals surface area (Å²) >= 11 is 6.41. The summed E-state index contributed by atoms with van der Waals surface area (Å²) in [5.41, 5.74) is 1.07. The van der Waals surface area contributed by atoms with Crippen LogP contribution in [-0.2, 0) is 4.79 Å². The Balaban J connectivity index is 1.97. The lowest BCUT2D eigenvalue weighted by Gasteiger charge is -2.15. The predicted molar refractivity (Wildman–Crippen MR) is 91.9 cm³/mol. The fourth-order valence-electron chi connectivity index (χ4n) is 2.09. The number of amides is 1. The first-order valence-corrected chi connectivity index (χ1v) is 7.64. The van der Waals surface area contributed by atoms with Crippen molar-refractivity contribution in [2.45, 2.75) is 0 Å². The second kappa shape index (κ2) is 5.82. The van der Waals surface area contributed by atoms with E-state index in [4.69, 9.17) is 12.2 Å². The summed E-state index contributed by atoms with van der Waals surface area (Å²) in [6.45, 7) is 0. The van der Waals surface area contributed by atoms with Gasteiger partial charge in [-0.1, -0.05) is 48.2 Å². The molecule has 1 heterocycles. The standard InChI is InChI=1S/C16H11NO3S2/c18-11-5-3-4-10(8-11)9-14-15(20)17(16(21)22-14)12-6-1-2-7-13(12)19/h1-9,18-19H/b14-9-. The molecule has 22 heavy (non-hydrogen) atoms. The van der Waals surface area contributed by atoms with Gasteiger partial charge in [0.05, 0.1) is 10.6 Å². The molecule has 110 valence electrons. The Kier molecular flexibility index (Phi) is 3.87. The van der Waals surface area contributed by atoms with Gasteiger partial charge in [0.25, 0.3) is 5.91 Å². The molecule has 2 N–H and O–H groups in total. The van der Waals surface area contributed by atoms with E-state index in [0.717, 1.165) is 11.8 Å². The molecule has 1 amide bonds. The van der Waals surface area contributed by atoms with Gasteiger partial charge in [-0.05, 0) is 35.9 Å². The first-order valence-electron chi connectivity index (χ1n) is 6.41. The van der Waals surface area contributed by atoms with Gasteiger partial charge in [-0.25, -0.2) is 0 Å². The summed E-state index contributed by atoms with van der Waals surface area (Å²) in [6, 6.07) is 13.2. The normalized spacial score (nSPS) is 16.5. The number of thiocarbonyl (C=S) groups is 1. The summed E-state index contributed by atoms with van der Waals surface area (Å²) in [4.78, 5) is 14.3. The lowest BCUT2D eigenvalue weighted by Crippen LogP contribution is -2.27. The van der Waals surface area contributed by atoms with E-state index in [9.17, 15) is 15.0 Å². The lowest BCUT2D eigenvalue weighted by atomic mass is 10.2. The Hall–Kier alpha value is -2.31. The molecule has 4 nitrogen and oxygen atoms in total. The highest BCUT2D eigenvalue weighted by molar-refractivity contribution is 8.27. The number of para-hydroxylation sites is 2. The van der Waals surface area contributed by atoms with Crippen LogP contribution in [0.1, 0.15) is 5.56 Å². The van der Waals surface area contributed by atoms with E-state index < -0.39 is 0 Å². The summed E-state index contributed by atoms with van der Waals surface area (Å²) in [6.07, 6.45) is 1.67. The maximum atomic E-state index is 12.5. The molecule has 0 spiro atoms. The number of aromatic hydroxyl groups is 2. The predicted octanol–water partition coefficient (Wildman–Crippen LogP) is 3.50. The molecule has 0 radical (unpaired) electrons. The number of hydrogen-bond acceptors (Lipinski definition) is 5. The Morgan fingerprint density at radius 3 is 2.59 bits per heavy atom. The zero-order chi connectivity index (χ0) is 15.7. The van der Waals surface area contributed by atoms with Crippen LogP contribution in [0.2, 0.25) is 0 Å². The number of carbonyl (C=O) groups excluding carboxylic acids is 1. The highest BCUT2D eigenvalue weighted by Gasteiger charge is 2.34. The second-order valence-electron chi connectivity index (χ2n) is 4.60. The van der Waals surface area contributed by atoms with Crippen LogP contribution in [0.4, 0.5) is 5.69 Å². The van der Waals surface area contributed by atoms with Crippen molar-refractivity contribution in [2.75, 3.05) is 4.90 Å². The number of benzene rings is 2. The third-order valence-corrected chi connectivity index (χ3v) is 4.39. The van der Waals surface area contributed by atoms with Crippen molar-refractivity contribution in [3.8, 4) is 11.5 Å². The number of phenols is 2. The van der Waals surface area contributed by atoms with Crippen LogP contribution >= 0.6 is 24.0 Å². The molecule has 1 saturated heterocycles. The van der Waals surface area contributed by atoms with E-state index in [2.05, 4.69) is 0 Å².